The number of likely N-dealkylation sites (tertiary alicyclic amines) is 2. The summed E-state index contributed by atoms with van der Waals surface area (Å²) in [6.45, 7) is 3.31. The maximum atomic E-state index is 12.8. The van der Waals surface area contributed by atoms with Gasteiger partial charge in [-0.1, -0.05) is 0 Å². The summed E-state index contributed by atoms with van der Waals surface area (Å²) in [7, 11) is 0. The molecule has 0 N–H and O–H groups in total. The van der Waals surface area contributed by atoms with Crippen molar-refractivity contribution in [3.05, 3.63) is 0 Å². The topological polar surface area (TPSA) is 40.6 Å². The van der Waals surface area contributed by atoms with Crippen LogP contribution in [-0.2, 0) is 9.59 Å². The predicted molar refractivity (Wildman–Crippen MR) is 80.6 cm³/mol. The number of hydrogen-bond acceptors (Lipinski definition) is 3. The van der Waals surface area contributed by atoms with Gasteiger partial charge in [0.25, 0.3) is 0 Å². The van der Waals surface area contributed by atoms with Crippen molar-refractivity contribution in [2.75, 3.05) is 38.2 Å². The highest BCUT2D eigenvalue weighted by atomic mass is 32.2. The fraction of sp³-hybridized carbons (Fsp3) is 0.867. The average molecular weight is 296 g/mol. The van der Waals surface area contributed by atoms with Crippen LogP contribution in [0.15, 0.2) is 0 Å². The Morgan fingerprint density at radius 3 is 2.85 bits per heavy atom. The van der Waals surface area contributed by atoms with Crippen molar-refractivity contribution >= 4 is 23.6 Å². The van der Waals surface area contributed by atoms with Crippen LogP contribution in [0.2, 0.25) is 0 Å². The molecular weight excluding hydrogens is 272 g/mol. The Hall–Kier alpha value is -0.710. The lowest BCUT2D eigenvalue weighted by Gasteiger charge is -2.39. The number of rotatable bonds is 4. The largest absolute Gasteiger partial charge is 0.342 e. The number of nitrogens with zero attached hydrogens (tertiary/aromatic N) is 2. The van der Waals surface area contributed by atoms with Gasteiger partial charge in [0.1, 0.15) is 0 Å². The highest BCUT2D eigenvalue weighted by Crippen LogP contribution is 2.41. The van der Waals surface area contributed by atoms with Crippen molar-refractivity contribution in [3.63, 3.8) is 0 Å². The summed E-state index contributed by atoms with van der Waals surface area (Å²) in [4.78, 5) is 28.8. The Morgan fingerprint density at radius 1 is 1.35 bits per heavy atom. The molecule has 4 nitrogen and oxygen atoms in total. The van der Waals surface area contributed by atoms with Gasteiger partial charge in [-0.05, 0) is 44.3 Å². The second-order valence-corrected chi connectivity index (χ2v) is 7.44. The van der Waals surface area contributed by atoms with E-state index in [0.717, 1.165) is 44.8 Å². The van der Waals surface area contributed by atoms with Crippen molar-refractivity contribution in [2.45, 2.75) is 32.1 Å². The summed E-state index contributed by atoms with van der Waals surface area (Å²) in [5.74, 6) is 1.82. The van der Waals surface area contributed by atoms with Gasteiger partial charge in [-0.2, -0.15) is 11.8 Å². The smallest absolute Gasteiger partial charge is 0.232 e. The third-order valence-corrected chi connectivity index (χ3v) is 5.51. The molecule has 0 aromatic heterocycles. The quantitative estimate of drug-likeness (QED) is 0.791. The maximum Gasteiger partial charge on any atom is 0.232 e. The first kappa shape index (κ1) is 14.2. The minimum Gasteiger partial charge on any atom is -0.342 e. The Kier molecular flexibility index (Phi) is 3.98. The number of carbonyl (C=O) groups excluding carboxylic acids is 2. The van der Waals surface area contributed by atoms with Gasteiger partial charge in [-0.3, -0.25) is 9.59 Å². The van der Waals surface area contributed by atoms with Crippen molar-refractivity contribution in [2.24, 2.45) is 11.3 Å². The van der Waals surface area contributed by atoms with Crippen molar-refractivity contribution in [1.82, 2.24) is 9.80 Å². The molecular formula is C15H24N2O2S. The van der Waals surface area contributed by atoms with E-state index in [4.69, 9.17) is 0 Å². The summed E-state index contributed by atoms with van der Waals surface area (Å²) in [6.07, 6.45) is 7.46. The van der Waals surface area contributed by atoms with Crippen LogP contribution >= 0.6 is 11.8 Å². The van der Waals surface area contributed by atoms with E-state index in [1.165, 1.54) is 12.8 Å². The Labute approximate surface area is 125 Å². The third kappa shape index (κ3) is 2.69. The monoisotopic (exact) mass is 296 g/mol. The number of hydrogen-bond donors (Lipinski definition) is 0. The van der Waals surface area contributed by atoms with E-state index in [2.05, 4.69) is 4.90 Å². The predicted octanol–water partition coefficient (Wildman–Crippen LogP) is 1.60. The molecule has 3 rings (SSSR count). The van der Waals surface area contributed by atoms with E-state index in [1.54, 1.807) is 11.8 Å². The molecule has 0 radical (unpaired) electrons. The first-order valence-electron chi connectivity index (χ1n) is 7.71. The maximum absolute atomic E-state index is 12.8. The van der Waals surface area contributed by atoms with Crippen molar-refractivity contribution in [1.29, 1.82) is 0 Å². The fourth-order valence-electron chi connectivity index (χ4n) is 3.62. The van der Waals surface area contributed by atoms with Crippen molar-refractivity contribution < 1.29 is 9.59 Å². The molecule has 1 saturated carbocycles. The zero-order valence-electron chi connectivity index (χ0n) is 12.3. The SMILES string of the molecule is CSCC(=O)N1CC[C@]2(CCCN(CC3CC3)C2=O)C1. The summed E-state index contributed by atoms with van der Waals surface area (Å²) in [5.41, 5.74) is -0.249. The lowest BCUT2D eigenvalue weighted by molar-refractivity contribution is -0.146. The molecule has 1 atom stereocenters. The van der Waals surface area contributed by atoms with E-state index in [1.807, 2.05) is 11.2 Å². The zero-order chi connectivity index (χ0) is 14.2. The van der Waals surface area contributed by atoms with Crippen LogP contribution in [0.5, 0.6) is 0 Å². The molecule has 112 valence electrons. The molecule has 0 aromatic carbocycles. The molecule has 5 heteroatoms. The van der Waals surface area contributed by atoms with E-state index < -0.39 is 0 Å². The van der Waals surface area contributed by atoms with Crippen LogP contribution in [0.3, 0.4) is 0 Å². The van der Waals surface area contributed by atoms with E-state index in [-0.39, 0.29) is 11.3 Å². The second kappa shape index (κ2) is 5.58. The standard InChI is InChI=1S/C15H24N2O2S/c1-20-10-13(18)17-8-6-15(11-17)5-2-7-16(14(15)19)9-12-3-4-12/h12H,2-11H2,1H3/t15-/m1/s1. The molecule has 1 spiro atoms. The lowest BCUT2D eigenvalue weighted by Crippen LogP contribution is -2.51. The molecule has 1 aliphatic carbocycles. The van der Waals surface area contributed by atoms with Gasteiger partial charge >= 0.3 is 0 Å². The highest BCUT2D eigenvalue weighted by molar-refractivity contribution is 7.99. The summed E-state index contributed by atoms with van der Waals surface area (Å²) in [5, 5.41) is 0. The Balaban J connectivity index is 1.65. The molecule has 0 bridgehead atoms. The number of thioether (sulfide) groups is 1. The van der Waals surface area contributed by atoms with E-state index >= 15 is 0 Å². The van der Waals surface area contributed by atoms with Crippen molar-refractivity contribution in [3.8, 4) is 0 Å². The second-order valence-electron chi connectivity index (χ2n) is 6.58. The molecule has 3 fully saturated rings. The average Bonchev–Trinajstić information content (AvgIpc) is 3.14. The van der Waals surface area contributed by atoms with Crippen LogP contribution in [0.1, 0.15) is 32.1 Å². The molecule has 2 amide bonds. The first-order valence-corrected chi connectivity index (χ1v) is 9.10. The van der Waals surface area contributed by atoms with Gasteiger partial charge in [0.05, 0.1) is 11.2 Å². The van der Waals surface area contributed by atoms with Crippen LogP contribution < -0.4 is 0 Å². The molecule has 0 aromatic rings. The van der Waals surface area contributed by atoms with Gasteiger partial charge in [-0.15, -0.1) is 0 Å². The van der Waals surface area contributed by atoms with Gasteiger partial charge in [-0.25, -0.2) is 0 Å². The van der Waals surface area contributed by atoms with Crippen LogP contribution in [0.4, 0.5) is 0 Å². The number of carbonyl (C=O) groups is 2. The summed E-state index contributed by atoms with van der Waals surface area (Å²) >= 11 is 1.56. The van der Waals surface area contributed by atoms with E-state index in [9.17, 15) is 9.59 Å². The normalized spacial score (nSPS) is 30.4. The molecule has 2 heterocycles. The van der Waals surface area contributed by atoms with Gasteiger partial charge < -0.3 is 9.80 Å². The fourth-order valence-corrected chi connectivity index (χ4v) is 4.05. The summed E-state index contributed by atoms with van der Waals surface area (Å²) in [6, 6.07) is 0. The van der Waals surface area contributed by atoms with Crippen LogP contribution in [-0.4, -0.2) is 59.8 Å². The minimum atomic E-state index is -0.249. The lowest BCUT2D eigenvalue weighted by atomic mass is 9.78. The summed E-state index contributed by atoms with van der Waals surface area (Å²) < 4.78 is 0. The molecule has 20 heavy (non-hydrogen) atoms. The highest BCUT2D eigenvalue weighted by Gasteiger charge is 2.49. The molecule has 3 aliphatic rings. The number of amides is 2. The Bertz CT molecular complexity index is 411. The van der Waals surface area contributed by atoms with Gasteiger partial charge in [0.2, 0.25) is 11.8 Å². The Morgan fingerprint density at radius 2 is 2.15 bits per heavy atom. The van der Waals surface area contributed by atoms with Crippen LogP contribution in [0.25, 0.3) is 0 Å². The number of piperidine rings is 1. The minimum absolute atomic E-state index is 0.196. The molecule has 0 unspecified atom stereocenters. The zero-order valence-corrected chi connectivity index (χ0v) is 13.1. The van der Waals surface area contributed by atoms with Crippen LogP contribution in [0, 0.1) is 11.3 Å². The third-order valence-electron chi connectivity index (χ3n) is 4.97. The van der Waals surface area contributed by atoms with Gasteiger partial charge in [0, 0.05) is 26.2 Å². The molecule has 2 aliphatic heterocycles. The van der Waals surface area contributed by atoms with E-state index in [0.29, 0.717) is 18.2 Å². The molecule has 2 saturated heterocycles. The first-order chi connectivity index (χ1) is 9.64. The van der Waals surface area contributed by atoms with Gasteiger partial charge in [0.15, 0.2) is 0 Å².